The number of aromatic nitrogens is 5. The van der Waals surface area contributed by atoms with Gasteiger partial charge in [-0.1, -0.05) is 6.07 Å². The molecule has 3 heterocycles. The highest BCUT2D eigenvalue weighted by Gasteiger charge is 2.14. The van der Waals surface area contributed by atoms with E-state index in [1.165, 1.54) is 6.07 Å². The standard InChI is InChI=1S/C21H21N5O3/c1-4-25-13-16(12-23-25)26-10-8-19(27)21(24-26)29-14(2)15-5-6-18-17(11-15)20(28-3)7-9-22-18/h5-14H,4H2,1-3H3. The van der Waals surface area contributed by atoms with Crippen LogP contribution in [0.1, 0.15) is 25.5 Å². The number of nitrogens with zero attached hydrogens (tertiary/aromatic N) is 5. The average molecular weight is 391 g/mol. The van der Waals surface area contributed by atoms with Crippen molar-refractivity contribution in [2.45, 2.75) is 26.5 Å². The van der Waals surface area contributed by atoms with Gasteiger partial charge in [0.05, 0.1) is 25.0 Å². The summed E-state index contributed by atoms with van der Waals surface area (Å²) in [6.45, 7) is 4.62. The maximum absolute atomic E-state index is 12.3. The van der Waals surface area contributed by atoms with Crippen molar-refractivity contribution in [3.63, 3.8) is 0 Å². The highest BCUT2D eigenvalue weighted by atomic mass is 16.5. The molecule has 0 spiro atoms. The summed E-state index contributed by atoms with van der Waals surface area (Å²) in [5.41, 5.74) is 2.19. The molecule has 0 radical (unpaired) electrons. The van der Waals surface area contributed by atoms with Gasteiger partial charge in [-0.25, -0.2) is 4.68 Å². The highest BCUT2D eigenvalue weighted by Crippen LogP contribution is 2.28. The van der Waals surface area contributed by atoms with Crippen LogP contribution in [0.5, 0.6) is 11.6 Å². The number of fused-ring (bicyclic) bond motifs is 1. The second kappa shape index (κ2) is 7.75. The molecule has 3 aromatic heterocycles. The molecule has 0 saturated carbocycles. The molecular weight excluding hydrogens is 370 g/mol. The Bertz CT molecular complexity index is 1210. The lowest BCUT2D eigenvalue weighted by Crippen LogP contribution is -2.16. The van der Waals surface area contributed by atoms with Crippen LogP contribution in [0.25, 0.3) is 16.6 Å². The smallest absolute Gasteiger partial charge is 0.280 e. The largest absolute Gasteiger partial charge is 0.496 e. The lowest BCUT2D eigenvalue weighted by molar-refractivity contribution is 0.211. The zero-order chi connectivity index (χ0) is 20.4. The van der Waals surface area contributed by atoms with Gasteiger partial charge in [0, 0.05) is 30.4 Å². The summed E-state index contributed by atoms with van der Waals surface area (Å²) in [6, 6.07) is 9.03. The van der Waals surface area contributed by atoms with E-state index in [0.717, 1.165) is 34.4 Å². The monoisotopic (exact) mass is 391 g/mol. The lowest BCUT2D eigenvalue weighted by Gasteiger charge is -2.15. The Morgan fingerprint density at radius 2 is 2.07 bits per heavy atom. The second-order valence-electron chi connectivity index (χ2n) is 6.53. The predicted molar refractivity (Wildman–Crippen MR) is 109 cm³/mol. The molecule has 0 aliphatic carbocycles. The first-order chi connectivity index (χ1) is 14.1. The van der Waals surface area contributed by atoms with E-state index in [9.17, 15) is 4.79 Å². The van der Waals surface area contributed by atoms with E-state index < -0.39 is 6.10 Å². The molecule has 0 aliphatic heterocycles. The van der Waals surface area contributed by atoms with Gasteiger partial charge in [0.1, 0.15) is 17.5 Å². The van der Waals surface area contributed by atoms with Crippen LogP contribution in [0.4, 0.5) is 0 Å². The Morgan fingerprint density at radius 3 is 2.83 bits per heavy atom. The molecule has 1 unspecified atom stereocenters. The summed E-state index contributed by atoms with van der Waals surface area (Å²) in [7, 11) is 1.62. The molecule has 8 heteroatoms. The van der Waals surface area contributed by atoms with Gasteiger partial charge in [0.25, 0.3) is 5.88 Å². The first-order valence-corrected chi connectivity index (χ1v) is 9.31. The fraction of sp³-hybridized carbons (Fsp3) is 0.238. The molecule has 148 valence electrons. The summed E-state index contributed by atoms with van der Waals surface area (Å²) in [4.78, 5) is 16.6. The van der Waals surface area contributed by atoms with Crippen molar-refractivity contribution in [2.24, 2.45) is 0 Å². The molecule has 0 N–H and O–H groups in total. The van der Waals surface area contributed by atoms with Crippen LogP contribution in [0.3, 0.4) is 0 Å². The molecule has 4 rings (SSSR count). The van der Waals surface area contributed by atoms with Crippen LogP contribution in [0.15, 0.2) is 59.9 Å². The van der Waals surface area contributed by atoms with E-state index in [1.807, 2.05) is 44.3 Å². The number of rotatable bonds is 6. The van der Waals surface area contributed by atoms with Crippen LogP contribution in [-0.2, 0) is 6.54 Å². The van der Waals surface area contributed by atoms with Gasteiger partial charge in [-0.3, -0.25) is 14.5 Å². The fourth-order valence-corrected chi connectivity index (χ4v) is 3.06. The number of methoxy groups -OCH3 is 1. The maximum atomic E-state index is 12.3. The number of benzene rings is 1. The van der Waals surface area contributed by atoms with Crippen molar-refractivity contribution in [3.05, 3.63) is 70.9 Å². The Balaban J connectivity index is 1.64. The SMILES string of the molecule is CCn1cc(-n2ccc(=O)c(OC(C)c3ccc4nccc(OC)c4c3)n2)cn1. The van der Waals surface area contributed by atoms with Gasteiger partial charge < -0.3 is 9.47 Å². The first kappa shape index (κ1) is 18.7. The van der Waals surface area contributed by atoms with Crippen molar-refractivity contribution in [3.8, 4) is 17.3 Å². The minimum Gasteiger partial charge on any atom is -0.496 e. The van der Waals surface area contributed by atoms with E-state index in [2.05, 4.69) is 15.2 Å². The van der Waals surface area contributed by atoms with E-state index in [1.54, 1.807) is 35.1 Å². The number of hydrogen-bond donors (Lipinski definition) is 0. The van der Waals surface area contributed by atoms with Gasteiger partial charge in [0.15, 0.2) is 0 Å². The van der Waals surface area contributed by atoms with Crippen LogP contribution in [0, 0.1) is 0 Å². The third-order valence-electron chi connectivity index (χ3n) is 4.69. The molecule has 0 fully saturated rings. The Kier molecular flexibility index (Phi) is 4.99. The van der Waals surface area contributed by atoms with E-state index in [-0.39, 0.29) is 11.3 Å². The quantitative estimate of drug-likeness (QED) is 0.502. The van der Waals surface area contributed by atoms with Gasteiger partial charge in [0.2, 0.25) is 5.43 Å². The zero-order valence-corrected chi connectivity index (χ0v) is 16.4. The number of hydrogen-bond acceptors (Lipinski definition) is 6. The maximum Gasteiger partial charge on any atom is 0.280 e. The molecular formula is C21H21N5O3. The minimum atomic E-state index is -0.390. The molecule has 0 bridgehead atoms. The molecule has 1 atom stereocenters. The average Bonchev–Trinajstić information content (AvgIpc) is 3.23. The molecule has 0 amide bonds. The van der Waals surface area contributed by atoms with Crippen molar-refractivity contribution < 1.29 is 9.47 Å². The highest BCUT2D eigenvalue weighted by molar-refractivity contribution is 5.85. The number of ether oxygens (including phenoxy) is 2. The van der Waals surface area contributed by atoms with Crippen LogP contribution < -0.4 is 14.9 Å². The summed E-state index contributed by atoms with van der Waals surface area (Å²) < 4.78 is 14.7. The molecule has 8 nitrogen and oxygen atoms in total. The molecule has 29 heavy (non-hydrogen) atoms. The van der Waals surface area contributed by atoms with E-state index >= 15 is 0 Å². The minimum absolute atomic E-state index is 0.0301. The zero-order valence-electron chi connectivity index (χ0n) is 16.4. The van der Waals surface area contributed by atoms with Crippen molar-refractivity contribution in [1.82, 2.24) is 24.5 Å². The van der Waals surface area contributed by atoms with Gasteiger partial charge in [-0.05, 0) is 37.6 Å². The van der Waals surface area contributed by atoms with E-state index in [0.29, 0.717) is 0 Å². The number of aryl methyl sites for hydroxylation is 1. The topological polar surface area (TPSA) is 84.1 Å². The normalized spacial score (nSPS) is 12.1. The van der Waals surface area contributed by atoms with Crippen molar-refractivity contribution >= 4 is 10.9 Å². The Hall–Kier alpha value is -3.68. The Morgan fingerprint density at radius 1 is 1.21 bits per heavy atom. The third-order valence-corrected chi connectivity index (χ3v) is 4.69. The summed E-state index contributed by atoms with van der Waals surface area (Å²) in [5.74, 6) is 0.764. The van der Waals surface area contributed by atoms with Gasteiger partial charge in [-0.2, -0.15) is 5.10 Å². The lowest BCUT2D eigenvalue weighted by atomic mass is 10.1. The van der Waals surface area contributed by atoms with Crippen LogP contribution in [-0.4, -0.2) is 31.7 Å². The molecule has 0 saturated heterocycles. The fourth-order valence-electron chi connectivity index (χ4n) is 3.06. The van der Waals surface area contributed by atoms with Gasteiger partial charge in [-0.15, -0.1) is 5.10 Å². The number of pyridine rings is 1. The summed E-state index contributed by atoms with van der Waals surface area (Å²) in [5, 5.41) is 9.46. The van der Waals surface area contributed by atoms with Crippen molar-refractivity contribution in [2.75, 3.05) is 7.11 Å². The van der Waals surface area contributed by atoms with Gasteiger partial charge >= 0.3 is 0 Å². The molecule has 1 aromatic carbocycles. The molecule has 4 aromatic rings. The second-order valence-corrected chi connectivity index (χ2v) is 6.53. The first-order valence-electron chi connectivity index (χ1n) is 9.31. The van der Waals surface area contributed by atoms with Crippen LogP contribution in [0.2, 0.25) is 0 Å². The van der Waals surface area contributed by atoms with Crippen LogP contribution >= 0.6 is 0 Å². The Labute approximate surface area is 167 Å². The predicted octanol–water partition coefficient (Wildman–Crippen LogP) is 3.15. The summed E-state index contributed by atoms with van der Waals surface area (Å²) >= 11 is 0. The van der Waals surface area contributed by atoms with Crippen molar-refractivity contribution in [1.29, 1.82) is 0 Å². The van der Waals surface area contributed by atoms with E-state index in [4.69, 9.17) is 9.47 Å². The summed E-state index contributed by atoms with van der Waals surface area (Å²) in [6.07, 6.45) is 6.46. The third kappa shape index (κ3) is 3.69. The molecule has 0 aliphatic rings.